The number of rotatable bonds is 7. The van der Waals surface area contributed by atoms with Crippen molar-refractivity contribution >= 4 is 17.8 Å². The fourth-order valence-electron chi connectivity index (χ4n) is 4.19. The Bertz CT molecular complexity index is 551. The zero-order valence-electron chi connectivity index (χ0n) is 15.3. The summed E-state index contributed by atoms with van der Waals surface area (Å²) in [6.07, 6.45) is 4.96. The van der Waals surface area contributed by atoms with Gasteiger partial charge in [-0.05, 0) is 50.5 Å². The van der Waals surface area contributed by atoms with Gasteiger partial charge in [0.05, 0.1) is 12.1 Å². The molecule has 2 aliphatic carbocycles. The standard InChI is InChI=1S/C18H30N4O4/c1-2-4-13(15(23)17(25)20-11-7-8-11)21-18(26)22-16(24)14-12-6-3-5-10(12)9-19-14/h10-15,19,23H,2-9H2,1H3,(H,20,25)(H2,21,22,24,26)/t10-,12-,13-,14-,15?/m0/s1. The molecule has 8 nitrogen and oxygen atoms in total. The molecule has 0 aromatic carbocycles. The van der Waals surface area contributed by atoms with Gasteiger partial charge in [-0.3, -0.25) is 14.9 Å². The van der Waals surface area contributed by atoms with Gasteiger partial charge < -0.3 is 21.1 Å². The van der Waals surface area contributed by atoms with Crippen LogP contribution in [0.4, 0.5) is 4.79 Å². The second kappa shape index (κ2) is 8.35. The maximum absolute atomic E-state index is 12.4. The predicted molar refractivity (Wildman–Crippen MR) is 95.2 cm³/mol. The van der Waals surface area contributed by atoms with Crippen molar-refractivity contribution in [2.75, 3.05) is 6.54 Å². The largest absolute Gasteiger partial charge is 0.381 e. The Hall–Kier alpha value is -1.67. The molecule has 1 unspecified atom stereocenters. The molecule has 3 aliphatic rings. The van der Waals surface area contributed by atoms with Crippen molar-refractivity contribution in [3.8, 4) is 0 Å². The van der Waals surface area contributed by atoms with Gasteiger partial charge in [-0.2, -0.15) is 0 Å². The van der Waals surface area contributed by atoms with Crippen molar-refractivity contribution in [1.82, 2.24) is 21.3 Å². The minimum Gasteiger partial charge on any atom is -0.381 e. The van der Waals surface area contributed by atoms with E-state index in [9.17, 15) is 19.5 Å². The number of imide groups is 1. The Kier molecular flexibility index (Phi) is 6.13. The molecule has 3 rings (SSSR count). The van der Waals surface area contributed by atoms with Crippen LogP contribution in [0.2, 0.25) is 0 Å². The molecule has 0 radical (unpaired) electrons. The predicted octanol–water partition coefficient (Wildman–Crippen LogP) is 0.00850. The van der Waals surface area contributed by atoms with E-state index in [1.165, 1.54) is 0 Å². The monoisotopic (exact) mass is 366 g/mol. The first-order chi connectivity index (χ1) is 12.5. The van der Waals surface area contributed by atoms with E-state index in [1.807, 2.05) is 6.92 Å². The molecule has 26 heavy (non-hydrogen) atoms. The van der Waals surface area contributed by atoms with Gasteiger partial charge in [0.25, 0.3) is 5.91 Å². The number of aliphatic hydroxyl groups is 1. The summed E-state index contributed by atoms with van der Waals surface area (Å²) in [6.45, 7) is 2.73. The second-order valence-corrected chi connectivity index (χ2v) is 7.83. The van der Waals surface area contributed by atoms with E-state index >= 15 is 0 Å². The topological polar surface area (TPSA) is 120 Å². The van der Waals surface area contributed by atoms with Crippen LogP contribution >= 0.6 is 0 Å². The summed E-state index contributed by atoms with van der Waals surface area (Å²) in [5.74, 6) is 0.0200. The molecular formula is C18H30N4O4. The Balaban J connectivity index is 1.50. The summed E-state index contributed by atoms with van der Waals surface area (Å²) in [5.41, 5.74) is 0. The van der Waals surface area contributed by atoms with Crippen LogP contribution in [-0.4, -0.2) is 53.7 Å². The average Bonchev–Trinajstić information content (AvgIpc) is 3.13. The molecule has 1 aliphatic heterocycles. The highest BCUT2D eigenvalue weighted by Crippen LogP contribution is 2.37. The third-order valence-electron chi connectivity index (χ3n) is 5.75. The summed E-state index contributed by atoms with van der Waals surface area (Å²) in [6, 6.07) is -1.57. The normalized spacial score (nSPS) is 29.5. The van der Waals surface area contributed by atoms with E-state index < -0.39 is 24.1 Å². The summed E-state index contributed by atoms with van der Waals surface area (Å²) < 4.78 is 0. The summed E-state index contributed by atoms with van der Waals surface area (Å²) in [7, 11) is 0. The zero-order chi connectivity index (χ0) is 18.7. The highest BCUT2D eigenvalue weighted by atomic mass is 16.3. The number of carbonyl (C=O) groups excluding carboxylic acids is 3. The lowest BCUT2D eigenvalue weighted by Gasteiger charge is -2.24. The number of fused-ring (bicyclic) bond motifs is 1. The van der Waals surface area contributed by atoms with E-state index in [4.69, 9.17) is 0 Å². The van der Waals surface area contributed by atoms with Gasteiger partial charge in [-0.1, -0.05) is 19.8 Å². The first-order valence-corrected chi connectivity index (χ1v) is 9.82. The quantitative estimate of drug-likeness (QED) is 0.435. The fourth-order valence-corrected chi connectivity index (χ4v) is 4.19. The molecule has 1 heterocycles. The van der Waals surface area contributed by atoms with Crippen LogP contribution < -0.4 is 21.3 Å². The van der Waals surface area contributed by atoms with E-state index in [0.29, 0.717) is 24.7 Å². The van der Waals surface area contributed by atoms with Crippen LogP contribution in [0.1, 0.15) is 51.9 Å². The van der Waals surface area contributed by atoms with E-state index in [1.54, 1.807) is 0 Å². The molecule has 0 aromatic rings. The third kappa shape index (κ3) is 4.54. The van der Waals surface area contributed by atoms with Gasteiger partial charge in [0.1, 0.15) is 0 Å². The van der Waals surface area contributed by atoms with E-state index in [-0.39, 0.29) is 18.0 Å². The molecule has 0 aromatic heterocycles. The number of aliphatic hydroxyl groups excluding tert-OH is 1. The molecular weight excluding hydrogens is 336 g/mol. The molecule has 1 saturated heterocycles. The molecule has 5 atom stereocenters. The summed E-state index contributed by atoms with van der Waals surface area (Å²) in [4.78, 5) is 36.7. The van der Waals surface area contributed by atoms with E-state index in [2.05, 4.69) is 21.3 Å². The van der Waals surface area contributed by atoms with Crippen LogP contribution in [0.3, 0.4) is 0 Å². The van der Waals surface area contributed by atoms with Gasteiger partial charge in [-0.15, -0.1) is 0 Å². The van der Waals surface area contributed by atoms with E-state index in [0.717, 1.165) is 38.6 Å². The number of nitrogens with one attached hydrogen (secondary N) is 4. The lowest BCUT2D eigenvalue weighted by Crippen LogP contribution is -2.56. The zero-order valence-corrected chi connectivity index (χ0v) is 15.3. The van der Waals surface area contributed by atoms with Crippen LogP contribution in [0.25, 0.3) is 0 Å². The Morgan fingerprint density at radius 3 is 2.65 bits per heavy atom. The van der Waals surface area contributed by atoms with Crippen molar-refractivity contribution < 1.29 is 19.5 Å². The van der Waals surface area contributed by atoms with Crippen LogP contribution in [0.5, 0.6) is 0 Å². The Morgan fingerprint density at radius 1 is 1.19 bits per heavy atom. The van der Waals surface area contributed by atoms with Crippen molar-refractivity contribution in [1.29, 1.82) is 0 Å². The smallest absolute Gasteiger partial charge is 0.321 e. The van der Waals surface area contributed by atoms with Crippen LogP contribution in [-0.2, 0) is 9.59 Å². The van der Waals surface area contributed by atoms with Crippen molar-refractivity contribution in [3.05, 3.63) is 0 Å². The molecule has 8 heteroatoms. The molecule has 146 valence electrons. The van der Waals surface area contributed by atoms with Gasteiger partial charge >= 0.3 is 6.03 Å². The molecule has 0 bridgehead atoms. The lowest BCUT2D eigenvalue weighted by molar-refractivity contribution is -0.130. The lowest BCUT2D eigenvalue weighted by atomic mass is 9.94. The molecule has 3 fully saturated rings. The number of hydrogen-bond donors (Lipinski definition) is 5. The van der Waals surface area contributed by atoms with Gasteiger partial charge in [0.15, 0.2) is 6.10 Å². The van der Waals surface area contributed by atoms with Gasteiger partial charge in [-0.25, -0.2) is 4.79 Å². The second-order valence-electron chi connectivity index (χ2n) is 7.83. The molecule has 4 amide bonds. The maximum Gasteiger partial charge on any atom is 0.321 e. The van der Waals surface area contributed by atoms with Crippen molar-refractivity contribution in [2.24, 2.45) is 11.8 Å². The summed E-state index contributed by atoms with van der Waals surface area (Å²) >= 11 is 0. The average molecular weight is 366 g/mol. The van der Waals surface area contributed by atoms with Gasteiger partial charge in [0, 0.05) is 6.04 Å². The number of urea groups is 1. The van der Waals surface area contributed by atoms with Crippen molar-refractivity contribution in [3.63, 3.8) is 0 Å². The van der Waals surface area contributed by atoms with Crippen LogP contribution in [0.15, 0.2) is 0 Å². The highest BCUT2D eigenvalue weighted by Gasteiger charge is 2.43. The number of amides is 4. The Labute approximate surface area is 153 Å². The number of carbonyl (C=O) groups is 3. The summed E-state index contributed by atoms with van der Waals surface area (Å²) in [5, 5.41) is 21.2. The number of hydrogen-bond acceptors (Lipinski definition) is 5. The van der Waals surface area contributed by atoms with Crippen molar-refractivity contribution in [2.45, 2.75) is 76.1 Å². The maximum atomic E-state index is 12.4. The van der Waals surface area contributed by atoms with Crippen LogP contribution in [0, 0.1) is 11.8 Å². The fraction of sp³-hybridized carbons (Fsp3) is 0.833. The minimum absolute atomic E-state index is 0.141. The molecule has 5 N–H and O–H groups in total. The highest BCUT2D eigenvalue weighted by molar-refractivity contribution is 5.97. The third-order valence-corrected chi connectivity index (χ3v) is 5.75. The molecule has 2 saturated carbocycles. The first kappa shape index (κ1) is 19.1. The molecule has 0 spiro atoms. The Morgan fingerprint density at radius 2 is 1.96 bits per heavy atom. The SMILES string of the molecule is CCC[C@H](NC(=O)NC(=O)[C@H]1NC[C@@H]2CCC[C@@H]21)C(O)C(=O)NC1CC1. The van der Waals surface area contributed by atoms with Gasteiger partial charge in [0.2, 0.25) is 5.91 Å². The first-order valence-electron chi connectivity index (χ1n) is 9.82. The minimum atomic E-state index is -1.32.